The Hall–Kier alpha value is -1.19. The summed E-state index contributed by atoms with van der Waals surface area (Å²) in [6, 6.07) is 3.31. The molecule has 0 spiro atoms. The summed E-state index contributed by atoms with van der Waals surface area (Å²) in [6.45, 7) is 4.86. The minimum absolute atomic E-state index is 0.496. The van der Waals surface area contributed by atoms with Crippen LogP contribution in [-0.2, 0) is 5.60 Å². The molecule has 0 aliphatic carbocycles. The first-order valence-electron chi connectivity index (χ1n) is 5.65. The molecule has 0 amide bonds. The summed E-state index contributed by atoms with van der Waals surface area (Å²) in [6.07, 6.45) is 2.60. The van der Waals surface area contributed by atoms with Crippen molar-refractivity contribution < 1.29 is 13.9 Å². The molecule has 0 saturated carbocycles. The molecule has 0 bridgehead atoms. The van der Waals surface area contributed by atoms with Crippen LogP contribution in [0.4, 0.5) is 8.78 Å². The minimum atomic E-state index is -3.23. The van der Waals surface area contributed by atoms with Gasteiger partial charge < -0.3 is 5.11 Å². The van der Waals surface area contributed by atoms with Crippen molar-refractivity contribution in [1.29, 1.82) is 5.41 Å². The molecule has 1 aromatic heterocycles. The molecule has 3 nitrogen and oxygen atoms in total. The number of alkyl halides is 2. The standard InChI is InChI=1S/C13H17F2N2OP/c1-8(6-10(16)13(14,15)19)9-4-5-11(17-7-9)12(2,3)18/h4-7,16,18H,19H2,1-3H3/b8-6+,16-10?. The van der Waals surface area contributed by atoms with Gasteiger partial charge in [-0.2, -0.15) is 8.78 Å². The minimum Gasteiger partial charge on any atom is -0.384 e. The van der Waals surface area contributed by atoms with Crippen LogP contribution in [0.25, 0.3) is 5.57 Å². The zero-order chi connectivity index (χ0) is 14.8. The van der Waals surface area contributed by atoms with Gasteiger partial charge in [-0.15, -0.1) is 0 Å². The van der Waals surface area contributed by atoms with E-state index in [0.717, 1.165) is 6.08 Å². The van der Waals surface area contributed by atoms with E-state index in [2.05, 4.69) is 4.98 Å². The van der Waals surface area contributed by atoms with E-state index in [4.69, 9.17) is 5.41 Å². The van der Waals surface area contributed by atoms with Gasteiger partial charge in [-0.1, -0.05) is 15.3 Å². The first kappa shape index (κ1) is 15.9. The molecule has 0 aliphatic heterocycles. The van der Waals surface area contributed by atoms with Crippen molar-refractivity contribution in [1.82, 2.24) is 4.98 Å². The van der Waals surface area contributed by atoms with E-state index in [-0.39, 0.29) is 0 Å². The van der Waals surface area contributed by atoms with Gasteiger partial charge in [-0.25, -0.2) is 0 Å². The van der Waals surface area contributed by atoms with E-state index < -0.39 is 17.0 Å². The third kappa shape index (κ3) is 4.44. The molecule has 1 aromatic rings. The summed E-state index contributed by atoms with van der Waals surface area (Å²) < 4.78 is 25.7. The van der Waals surface area contributed by atoms with Crippen molar-refractivity contribution in [2.75, 3.05) is 0 Å². The molecule has 1 atom stereocenters. The van der Waals surface area contributed by atoms with Gasteiger partial charge in [0.05, 0.1) is 5.69 Å². The second-order valence-electron chi connectivity index (χ2n) is 4.86. The number of nitrogens with zero attached hydrogens (tertiary/aromatic N) is 1. The van der Waals surface area contributed by atoms with Crippen LogP contribution in [0.2, 0.25) is 0 Å². The fourth-order valence-corrected chi connectivity index (χ4v) is 1.47. The lowest BCUT2D eigenvalue weighted by Crippen LogP contribution is -2.18. The second kappa shape index (κ2) is 5.43. The Morgan fingerprint density at radius 1 is 1.42 bits per heavy atom. The van der Waals surface area contributed by atoms with Gasteiger partial charge in [-0.3, -0.25) is 10.4 Å². The third-order valence-corrected chi connectivity index (χ3v) is 2.88. The molecule has 0 aliphatic rings. The van der Waals surface area contributed by atoms with Crippen molar-refractivity contribution in [3.05, 3.63) is 35.7 Å². The number of rotatable bonds is 4. The average molecular weight is 286 g/mol. The van der Waals surface area contributed by atoms with Gasteiger partial charge in [0.1, 0.15) is 11.3 Å². The van der Waals surface area contributed by atoms with Crippen molar-refractivity contribution in [3.8, 4) is 0 Å². The fourth-order valence-electron chi connectivity index (χ4n) is 1.39. The molecule has 0 aromatic carbocycles. The van der Waals surface area contributed by atoms with Gasteiger partial charge in [0.25, 0.3) is 5.66 Å². The maximum absolute atomic E-state index is 12.9. The van der Waals surface area contributed by atoms with Crippen molar-refractivity contribution >= 4 is 20.5 Å². The number of aliphatic hydroxyl groups is 1. The highest BCUT2D eigenvalue weighted by Crippen LogP contribution is 2.26. The third-order valence-electron chi connectivity index (χ3n) is 2.57. The maximum Gasteiger partial charge on any atom is 0.299 e. The Morgan fingerprint density at radius 3 is 2.37 bits per heavy atom. The van der Waals surface area contributed by atoms with Crippen LogP contribution in [0.5, 0.6) is 0 Å². The molecular formula is C13H17F2N2OP. The zero-order valence-electron chi connectivity index (χ0n) is 11.0. The van der Waals surface area contributed by atoms with Crippen LogP contribution < -0.4 is 0 Å². The highest BCUT2D eigenvalue weighted by molar-refractivity contribution is 7.20. The molecule has 1 unspecified atom stereocenters. The second-order valence-corrected chi connectivity index (χ2v) is 5.58. The SMILES string of the molecule is C/C(=C\C(=N)C(F)(F)P)c1ccc(C(C)(C)O)nc1. The summed E-state index contributed by atoms with van der Waals surface area (Å²) in [5.41, 5.74) is -3.41. The topological polar surface area (TPSA) is 57.0 Å². The smallest absolute Gasteiger partial charge is 0.299 e. The number of aromatic nitrogens is 1. The molecule has 0 fully saturated rings. The molecule has 1 heterocycles. The Labute approximate surface area is 113 Å². The van der Waals surface area contributed by atoms with E-state index in [1.807, 2.05) is 0 Å². The van der Waals surface area contributed by atoms with Crippen molar-refractivity contribution in [3.63, 3.8) is 0 Å². The average Bonchev–Trinajstić information content (AvgIpc) is 2.26. The molecule has 0 radical (unpaired) electrons. The molecule has 2 N–H and O–H groups in total. The van der Waals surface area contributed by atoms with Gasteiger partial charge in [0, 0.05) is 6.20 Å². The predicted molar refractivity (Wildman–Crippen MR) is 75.5 cm³/mol. The van der Waals surface area contributed by atoms with Crippen molar-refractivity contribution in [2.24, 2.45) is 0 Å². The lowest BCUT2D eigenvalue weighted by Gasteiger charge is -2.16. The normalized spacial score (nSPS) is 13.5. The number of allylic oxidation sites excluding steroid dienone is 2. The lowest BCUT2D eigenvalue weighted by atomic mass is 10.0. The number of halogens is 2. The van der Waals surface area contributed by atoms with Crippen LogP contribution in [-0.4, -0.2) is 21.5 Å². The summed E-state index contributed by atoms with van der Waals surface area (Å²) in [5, 5.41) is 17.0. The van der Waals surface area contributed by atoms with E-state index in [1.54, 1.807) is 32.9 Å². The van der Waals surface area contributed by atoms with Gasteiger partial charge in [-0.05, 0) is 44.1 Å². The van der Waals surface area contributed by atoms with Crippen molar-refractivity contribution in [2.45, 2.75) is 32.0 Å². The Bertz CT molecular complexity index is 499. The molecule has 19 heavy (non-hydrogen) atoms. The number of hydrogen-bond acceptors (Lipinski definition) is 3. The van der Waals surface area contributed by atoms with Gasteiger partial charge in [0.15, 0.2) is 0 Å². The molecule has 0 saturated heterocycles. The van der Waals surface area contributed by atoms with Crippen LogP contribution in [0, 0.1) is 5.41 Å². The Morgan fingerprint density at radius 2 is 2.00 bits per heavy atom. The van der Waals surface area contributed by atoms with Crippen LogP contribution in [0.15, 0.2) is 24.4 Å². The Kier molecular flexibility index (Phi) is 4.54. The monoisotopic (exact) mass is 286 g/mol. The fraction of sp³-hybridized carbons (Fsp3) is 0.385. The summed E-state index contributed by atoms with van der Waals surface area (Å²) in [7, 11) is 1.33. The molecular weight excluding hydrogens is 269 g/mol. The first-order chi connectivity index (χ1) is 8.51. The zero-order valence-corrected chi connectivity index (χ0v) is 12.2. The lowest BCUT2D eigenvalue weighted by molar-refractivity contribution is 0.0738. The molecule has 6 heteroatoms. The van der Waals surface area contributed by atoms with Crippen LogP contribution >= 0.6 is 9.24 Å². The summed E-state index contributed by atoms with van der Waals surface area (Å²) >= 11 is 0. The Balaban J connectivity index is 2.99. The highest BCUT2D eigenvalue weighted by atomic mass is 31.0. The van der Waals surface area contributed by atoms with E-state index in [1.165, 1.54) is 15.4 Å². The first-order valence-corrected chi connectivity index (χ1v) is 6.23. The van der Waals surface area contributed by atoms with E-state index in [9.17, 15) is 13.9 Å². The summed E-state index contributed by atoms with van der Waals surface area (Å²) in [4.78, 5) is 4.09. The van der Waals surface area contributed by atoms with E-state index >= 15 is 0 Å². The number of hydrogen-bond donors (Lipinski definition) is 2. The predicted octanol–water partition coefficient (Wildman–Crippen LogP) is 3.20. The van der Waals surface area contributed by atoms with E-state index in [0.29, 0.717) is 16.8 Å². The highest BCUT2D eigenvalue weighted by Gasteiger charge is 2.26. The molecule has 104 valence electrons. The quantitative estimate of drug-likeness (QED) is 0.659. The maximum atomic E-state index is 12.9. The largest absolute Gasteiger partial charge is 0.384 e. The van der Waals surface area contributed by atoms with Crippen LogP contribution in [0.3, 0.4) is 0 Å². The summed E-state index contributed by atoms with van der Waals surface area (Å²) in [5.74, 6) is 0. The molecule has 1 rings (SSSR count). The van der Waals surface area contributed by atoms with Gasteiger partial charge in [0.2, 0.25) is 0 Å². The number of nitrogens with one attached hydrogen (secondary N) is 1. The van der Waals surface area contributed by atoms with Gasteiger partial charge >= 0.3 is 0 Å². The number of pyridine rings is 1. The van der Waals surface area contributed by atoms with Crippen LogP contribution in [0.1, 0.15) is 32.0 Å².